The van der Waals surface area contributed by atoms with Gasteiger partial charge in [-0.2, -0.15) is 0 Å². The van der Waals surface area contributed by atoms with E-state index in [-0.39, 0.29) is 0 Å². The van der Waals surface area contributed by atoms with Crippen molar-refractivity contribution in [2.45, 2.75) is 20.0 Å². The lowest BCUT2D eigenvalue weighted by Gasteiger charge is -2.14. The molecule has 0 bridgehead atoms. The fraction of sp³-hybridized carbons (Fsp3) is 0.250. The first-order valence-electron chi connectivity index (χ1n) is 6.11. The zero-order valence-electron chi connectivity index (χ0n) is 11.3. The lowest BCUT2D eigenvalue weighted by molar-refractivity contribution is 0.220. The van der Waals surface area contributed by atoms with Crippen LogP contribution < -0.4 is 4.74 Å². The second-order valence-electron chi connectivity index (χ2n) is 4.72. The van der Waals surface area contributed by atoms with Crippen LogP contribution in [0.25, 0.3) is 0 Å². The maximum Gasteiger partial charge on any atom is 0.137 e. The summed E-state index contributed by atoms with van der Waals surface area (Å²) < 4.78 is 5.11. The van der Waals surface area contributed by atoms with Crippen molar-refractivity contribution in [3.8, 4) is 5.75 Å². The maximum atomic E-state index is 10.4. The number of aliphatic hydroxyl groups excluding tert-OH is 1. The van der Waals surface area contributed by atoms with Crippen molar-refractivity contribution in [1.82, 2.24) is 0 Å². The van der Waals surface area contributed by atoms with Gasteiger partial charge in [0.1, 0.15) is 11.9 Å². The average molecular weight is 277 g/mol. The Labute approximate surface area is 118 Å². The number of hydrogen-bond donors (Lipinski definition) is 1. The minimum absolute atomic E-state index is 0.503. The van der Waals surface area contributed by atoms with E-state index < -0.39 is 6.10 Å². The Bertz CT molecular complexity index is 573. The van der Waals surface area contributed by atoms with Gasteiger partial charge >= 0.3 is 0 Å². The third-order valence-corrected chi connectivity index (χ3v) is 3.35. The van der Waals surface area contributed by atoms with Crippen LogP contribution in [-0.4, -0.2) is 12.2 Å². The van der Waals surface area contributed by atoms with Crippen molar-refractivity contribution < 1.29 is 9.84 Å². The normalized spacial score (nSPS) is 12.3. The molecule has 0 spiro atoms. The first-order chi connectivity index (χ1) is 9.01. The molecule has 0 aromatic heterocycles. The van der Waals surface area contributed by atoms with Crippen LogP contribution >= 0.6 is 11.6 Å². The minimum Gasteiger partial charge on any atom is -0.495 e. The third kappa shape index (κ3) is 3.09. The number of rotatable bonds is 3. The highest BCUT2D eigenvalue weighted by atomic mass is 35.5. The molecule has 100 valence electrons. The summed E-state index contributed by atoms with van der Waals surface area (Å²) in [6.07, 6.45) is -0.679. The van der Waals surface area contributed by atoms with E-state index in [0.717, 1.165) is 22.3 Å². The lowest BCUT2D eigenvalue weighted by atomic mass is 9.98. The molecule has 0 heterocycles. The predicted octanol–water partition coefficient (Wildman–Crippen LogP) is 4.05. The number of halogens is 1. The van der Waals surface area contributed by atoms with Crippen molar-refractivity contribution in [2.75, 3.05) is 7.11 Å². The summed E-state index contributed by atoms with van der Waals surface area (Å²) in [6, 6.07) is 11.4. The Hall–Kier alpha value is -1.51. The van der Waals surface area contributed by atoms with Gasteiger partial charge in [-0.05, 0) is 37.1 Å². The van der Waals surface area contributed by atoms with E-state index in [1.54, 1.807) is 19.2 Å². The highest BCUT2D eigenvalue weighted by Crippen LogP contribution is 2.30. The van der Waals surface area contributed by atoms with E-state index in [2.05, 4.69) is 6.07 Å². The molecule has 0 radical (unpaired) electrons. The predicted molar refractivity (Wildman–Crippen MR) is 78.0 cm³/mol. The second kappa shape index (κ2) is 5.64. The number of aliphatic hydroxyl groups is 1. The van der Waals surface area contributed by atoms with Gasteiger partial charge in [0.25, 0.3) is 0 Å². The van der Waals surface area contributed by atoms with Crippen molar-refractivity contribution in [1.29, 1.82) is 0 Å². The second-order valence-corrected chi connectivity index (χ2v) is 5.12. The zero-order valence-corrected chi connectivity index (χ0v) is 12.0. The van der Waals surface area contributed by atoms with E-state index in [1.807, 2.05) is 32.0 Å². The SMILES string of the molecule is COc1ccc(C(O)c2cc(C)cc(C)c2)cc1Cl. The summed E-state index contributed by atoms with van der Waals surface area (Å²) in [5, 5.41) is 10.9. The fourth-order valence-corrected chi connectivity index (χ4v) is 2.48. The smallest absolute Gasteiger partial charge is 0.137 e. The summed E-state index contributed by atoms with van der Waals surface area (Å²) >= 11 is 6.09. The third-order valence-electron chi connectivity index (χ3n) is 3.05. The van der Waals surface area contributed by atoms with Gasteiger partial charge in [0.05, 0.1) is 12.1 Å². The monoisotopic (exact) mass is 276 g/mol. The maximum absolute atomic E-state index is 10.4. The van der Waals surface area contributed by atoms with E-state index in [9.17, 15) is 5.11 Å². The number of hydrogen-bond acceptors (Lipinski definition) is 2. The van der Waals surface area contributed by atoms with Crippen LogP contribution in [0.3, 0.4) is 0 Å². The summed E-state index contributed by atoms with van der Waals surface area (Å²) in [4.78, 5) is 0. The Morgan fingerprint density at radius 2 is 1.63 bits per heavy atom. The molecule has 0 aliphatic rings. The molecule has 1 unspecified atom stereocenters. The van der Waals surface area contributed by atoms with Crippen molar-refractivity contribution >= 4 is 11.6 Å². The molecule has 3 heteroatoms. The molecule has 0 aliphatic carbocycles. The van der Waals surface area contributed by atoms with E-state index in [4.69, 9.17) is 16.3 Å². The van der Waals surface area contributed by atoms with Gasteiger partial charge in [-0.1, -0.05) is 47.0 Å². The molecule has 2 aromatic rings. The Morgan fingerprint density at radius 3 is 2.16 bits per heavy atom. The largest absolute Gasteiger partial charge is 0.495 e. The molecule has 0 fully saturated rings. The molecular formula is C16H17ClO2. The van der Waals surface area contributed by atoms with Crippen LogP contribution in [0.15, 0.2) is 36.4 Å². The highest BCUT2D eigenvalue weighted by molar-refractivity contribution is 6.32. The van der Waals surface area contributed by atoms with Gasteiger partial charge in [-0.15, -0.1) is 0 Å². The molecule has 0 saturated heterocycles. The summed E-state index contributed by atoms with van der Waals surface area (Å²) in [7, 11) is 1.57. The Morgan fingerprint density at radius 1 is 1.00 bits per heavy atom. The summed E-state index contributed by atoms with van der Waals surface area (Å²) in [5.41, 5.74) is 3.90. The standard InChI is InChI=1S/C16H17ClO2/c1-10-6-11(2)8-13(7-10)16(18)12-4-5-15(19-3)14(17)9-12/h4-9,16,18H,1-3H3. The topological polar surface area (TPSA) is 29.5 Å². The number of aryl methyl sites for hydroxylation is 2. The molecule has 19 heavy (non-hydrogen) atoms. The Kier molecular flexibility index (Phi) is 4.13. The van der Waals surface area contributed by atoms with Crippen LogP contribution in [0.4, 0.5) is 0 Å². The van der Waals surface area contributed by atoms with Gasteiger partial charge in [0.15, 0.2) is 0 Å². The molecule has 1 N–H and O–H groups in total. The van der Waals surface area contributed by atoms with Crippen molar-refractivity contribution in [3.05, 3.63) is 63.7 Å². The van der Waals surface area contributed by atoms with E-state index in [0.29, 0.717) is 10.8 Å². The lowest BCUT2D eigenvalue weighted by Crippen LogP contribution is -2.01. The molecule has 2 nitrogen and oxygen atoms in total. The molecule has 0 amide bonds. The summed E-state index contributed by atoms with van der Waals surface area (Å²) in [6.45, 7) is 4.04. The van der Waals surface area contributed by atoms with Crippen LogP contribution in [-0.2, 0) is 0 Å². The molecule has 2 aromatic carbocycles. The van der Waals surface area contributed by atoms with Gasteiger partial charge in [-0.3, -0.25) is 0 Å². The number of methoxy groups -OCH3 is 1. The van der Waals surface area contributed by atoms with Crippen LogP contribution in [0, 0.1) is 13.8 Å². The van der Waals surface area contributed by atoms with E-state index >= 15 is 0 Å². The average Bonchev–Trinajstić information content (AvgIpc) is 2.36. The van der Waals surface area contributed by atoms with Gasteiger partial charge in [0, 0.05) is 0 Å². The molecule has 2 rings (SSSR count). The van der Waals surface area contributed by atoms with E-state index in [1.165, 1.54) is 0 Å². The van der Waals surface area contributed by atoms with Crippen LogP contribution in [0.1, 0.15) is 28.4 Å². The van der Waals surface area contributed by atoms with Gasteiger partial charge in [-0.25, -0.2) is 0 Å². The van der Waals surface area contributed by atoms with Crippen molar-refractivity contribution in [3.63, 3.8) is 0 Å². The molecular weight excluding hydrogens is 260 g/mol. The zero-order chi connectivity index (χ0) is 14.0. The van der Waals surface area contributed by atoms with Gasteiger partial charge in [0.2, 0.25) is 0 Å². The minimum atomic E-state index is -0.679. The Balaban J connectivity index is 2.38. The van der Waals surface area contributed by atoms with Crippen LogP contribution in [0.5, 0.6) is 5.75 Å². The first kappa shape index (κ1) is 13.9. The molecule has 0 aliphatic heterocycles. The highest BCUT2D eigenvalue weighted by Gasteiger charge is 2.13. The fourth-order valence-electron chi connectivity index (χ4n) is 2.21. The number of benzene rings is 2. The molecule has 1 atom stereocenters. The van der Waals surface area contributed by atoms with Gasteiger partial charge < -0.3 is 9.84 Å². The quantitative estimate of drug-likeness (QED) is 0.916. The number of ether oxygens (including phenoxy) is 1. The van der Waals surface area contributed by atoms with Crippen LogP contribution in [0.2, 0.25) is 5.02 Å². The summed E-state index contributed by atoms with van der Waals surface area (Å²) in [5.74, 6) is 0.609. The molecule has 0 saturated carbocycles. The van der Waals surface area contributed by atoms with Crippen molar-refractivity contribution in [2.24, 2.45) is 0 Å². The first-order valence-corrected chi connectivity index (χ1v) is 6.48.